The molecule has 23 heavy (non-hydrogen) atoms. The van der Waals surface area contributed by atoms with Gasteiger partial charge >= 0.3 is 7.32 Å². The lowest BCUT2D eigenvalue weighted by Gasteiger charge is -2.09. The van der Waals surface area contributed by atoms with Crippen LogP contribution < -0.4 is 4.65 Å². The zero-order valence-electron chi connectivity index (χ0n) is 12.3. The van der Waals surface area contributed by atoms with Crippen LogP contribution in [0.1, 0.15) is 0 Å². The second-order valence-corrected chi connectivity index (χ2v) is 5.31. The van der Waals surface area contributed by atoms with E-state index < -0.39 is 7.32 Å². The Balaban J connectivity index is 2.07. The minimum Gasteiger partial charge on any atom is -0.512 e. The monoisotopic (exact) mass is 303 g/mol. The maximum Gasteiger partial charge on any atom is 0.707 e. The van der Waals surface area contributed by atoms with E-state index >= 15 is 0 Å². The molecule has 4 aromatic rings. The summed E-state index contributed by atoms with van der Waals surface area (Å²) in [4.78, 5) is 0. The number of rotatable bonds is 3. The van der Waals surface area contributed by atoms with Crippen LogP contribution in [0.4, 0.5) is 0 Å². The van der Waals surface area contributed by atoms with Gasteiger partial charge in [0.2, 0.25) is 0 Å². The van der Waals surface area contributed by atoms with E-state index in [0.717, 1.165) is 27.5 Å². The Kier molecular flexibility index (Phi) is 3.30. The highest BCUT2D eigenvalue weighted by atomic mass is 16.6. The Morgan fingerprint density at radius 3 is 2.22 bits per heavy atom. The van der Waals surface area contributed by atoms with Gasteiger partial charge in [0.15, 0.2) is 0 Å². The van der Waals surface area contributed by atoms with E-state index in [1.807, 2.05) is 54.6 Å². The first kappa shape index (κ1) is 13.9. The van der Waals surface area contributed by atoms with E-state index in [4.69, 9.17) is 14.7 Å². The fraction of sp³-hybridized carbons (Fsp3) is 0. The molecule has 5 heteroatoms. The second kappa shape index (κ2) is 5.46. The van der Waals surface area contributed by atoms with Gasteiger partial charge in [-0.1, -0.05) is 36.4 Å². The van der Waals surface area contributed by atoms with Gasteiger partial charge < -0.3 is 19.3 Å². The molecular weight excluding hydrogens is 289 g/mol. The Labute approximate surface area is 133 Å². The van der Waals surface area contributed by atoms with Crippen molar-refractivity contribution in [2.45, 2.75) is 0 Å². The molecule has 1 aromatic heterocycles. The van der Waals surface area contributed by atoms with Crippen LogP contribution in [-0.4, -0.2) is 21.9 Å². The molecule has 0 aliphatic heterocycles. The minimum absolute atomic E-state index is 0.410. The lowest BCUT2D eigenvalue weighted by atomic mass is 10.1. The third-order valence-electron chi connectivity index (χ3n) is 3.90. The van der Waals surface area contributed by atoms with Crippen molar-refractivity contribution in [3.8, 4) is 11.4 Å². The molecule has 0 atom stereocenters. The molecule has 0 aliphatic carbocycles. The van der Waals surface area contributed by atoms with Crippen molar-refractivity contribution in [1.29, 1.82) is 0 Å². The number of fused-ring (bicyclic) bond motifs is 3. The molecule has 0 bridgehead atoms. The molecule has 2 N–H and O–H groups in total. The van der Waals surface area contributed by atoms with Crippen molar-refractivity contribution in [2.24, 2.45) is 0 Å². The fourth-order valence-electron chi connectivity index (χ4n) is 3.00. The van der Waals surface area contributed by atoms with Gasteiger partial charge in [-0.3, -0.25) is 0 Å². The zero-order chi connectivity index (χ0) is 15.8. The van der Waals surface area contributed by atoms with Gasteiger partial charge in [0, 0.05) is 22.5 Å². The van der Waals surface area contributed by atoms with Crippen LogP contribution in [-0.2, 0) is 0 Å². The van der Waals surface area contributed by atoms with Gasteiger partial charge in [-0.2, -0.15) is 0 Å². The first-order valence-corrected chi connectivity index (χ1v) is 7.35. The van der Waals surface area contributed by atoms with Crippen molar-refractivity contribution in [1.82, 2.24) is 4.57 Å². The minimum atomic E-state index is -1.83. The van der Waals surface area contributed by atoms with Crippen molar-refractivity contribution < 1.29 is 14.7 Å². The van der Waals surface area contributed by atoms with E-state index in [1.54, 1.807) is 6.07 Å². The lowest BCUT2D eigenvalue weighted by molar-refractivity contribution is 0.288. The van der Waals surface area contributed by atoms with Crippen LogP contribution in [0.3, 0.4) is 0 Å². The average molecular weight is 303 g/mol. The molecule has 1 heterocycles. The molecule has 0 saturated heterocycles. The molecule has 4 nitrogen and oxygen atoms in total. The lowest BCUT2D eigenvalue weighted by Crippen LogP contribution is -2.20. The topological polar surface area (TPSA) is 54.6 Å². The largest absolute Gasteiger partial charge is 0.707 e. The third-order valence-corrected chi connectivity index (χ3v) is 3.90. The Hall–Kier alpha value is -2.76. The Morgan fingerprint density at radius 2 is 1.43 bits per heavy atom. The van der Waals surface area contributed by atoms with Crippen LogP contribution in [0.5, 0.6) is 5.75 Å². The predicted octanol–water partition coefficient (Wildman–Crippen LogP) is 3.13. The van der Waals surface area contributed by atoms with Crippen molar-refractivity contribution >= 4 is 29.1 Å². The molecule has 0 amide bonds. The quantitative estimate of drug-likeness (QED) is 0.572. The Bertz CT molecular complexity index is 980. The van der Waals surface area contributed by atoms with E-state index in [2.05, 4.69) is 16.7 Å². The summed E-state index contributed by atoms with van der Waals surface area (Å²) in [5.41, 5.74) is 3.09. The summed E-state index contributed by atoms with van der Waals surface area (Å²) in [7, 11) is -1.83. The first-order chi connectivity index (χ1) is 11.2. The van der Waals surface area contributed by atoms with Crippen molar-refractivity contribution in [3.05, 3.63) is 72.8 Å². The van der Waals surface area contributed by atoms with Gasteiger partial charge in [-0.25, -0.2) is 0 Å². The fourth-order valence-corrected chi connectivity index (χ4v) is 3.00. The summed E-state index contributed by atoms with van der Waals surface area (Å²) in [6.07, 6.45) is 0. The van der Waals surface area contributed by atoms with Crippen LogP contribution >= 0.6 is 0 Å². The van der Waals surface area contributed by atoms with Crippen LogP contribution in [0.25, 0.3) is 27.5 Å². The summed E-state index contributed by atoms with van der Waals surface area (Å²) in [5, 5.41) is 20.3. The zero-order valence-corrected chi connectivity index (χ0v) is 12.3. The van der Waals surface area contributed by atoms with Gasteiger partial charge in [-0.15, -0.1) is 0 Å². The maximum atomic E-state index is 9.03. The number of aromatic nitrogens is 1. The van der Waals surface area contributed by atoms with Crippen LogP contribution in [0.2, 0.25) is 0 Å². The van der Waals surface area contributed by atoms with E-state index in [9.17, 15) is 0 Å². The smallest absolute Gasteiger partial charge is 0.512 e. The van der Waals surface area contributed by atoms with E-state index in [0.29, 0.717) is 5.75 Å². The number of hydrogen-bond donors (Lipinski definition) is 2. The molecule has 0 spiro atoms. The number of hydrogen-bond acceptors (Lipinski definition) is 3. The SMILES string of the molecule is OB(O)Oc1ccc2c3ccccc3n(-c3ccccc3)c2c1. The van der Waals surface area contributed by atoms with Gasteiger partial charge in [0.05, 0.1) is 11.0 Å². The molecule has 0 aliphatic rings. The summed E-state index contributed by atoms with van der Waals surface area (Å²) >= 11 is 0. The van der Waals surface area contributed by atoms with Crippen molar-refractivity contribution in [2.75, 3.05) is 0 Å². The molecule has 3 aromatic carbocycles. The van der Waals surface area contributed by atoms with Crippen molar-refractivity contribution in [3.63, 3.8) is 0 Å². The average Bonchev–Trinajstić information content (AvgIpc) is 2.88. The highest BCUT2D eigenvalue weighted by Gasteiger charge is 2.15. The molecule has 0 fully saturated rings. The highest BCUT2D eigenvalue weighted by Crippen LogP contribution is 2.33. The van der Waals surface area contributed by atoms with Gasteiger partial charge in [0.25, 0.3) is 0 Å². The summed E-state index contributed by atoms with van der Waals surface area (Å²) in [6.45, 7) is 0. The molecule has 4 rings (SSSR count). The highest BCUT2D eigenvalue weighted by molar-refractivity contribution is 6.33. The van der Waals surface area contributed by atoms with Crippen LogP contribution in [0, 0.1) is 0 Å². The number of para-hydroxylation sites is 2. The summed E-state index contributed by atoms with van der Waals surface area (Å²) in [5.74, 6) is 0.410. The van der Waals surface area contributed by atoms with Gasteiger partial charge in [0.1, 0.15) is 5.75 Å². The summed E-state index contributed by atoms with van der Waals surface area (Å²) in [6, 6.07) is 23.7. The molecule has 0 saturated carbocycles. The van der Waals surface area contributed by atoms with E-state index in [1.165, 1.54) is 0 Å². The normalized spacial score (nSPS) is 11.0. The maximum absolute atomic E-state index is 9.03. The third kappa shape index (κ3) is 2.36. The standard InChI is InChI=1S/C18H14BNO3/c21-19(22)23-14-10-11-16-15-8-4-5-9-17(15)20(18(16)12-14)13-6-2-1-3-7-13/h1-12,21-22H. The second-order valence-electron chi connectivity index (χ2n) is 5.31. The molecule has 0 unspecified atom stereocenters. The Morgan fingerprint density at radius 1 is 0.739 bits per heavy atom. The predicted molar refractivity (Wildman–Crippen MR) is 91.6 cm³/mol. The van der Waals surface area contributed by atoms with E-state index in [-0.39, 0.29) is 0 Å². The van der Waals surface area contributed by atoms with Gasteiger partial charge in [-0.05, 0) is 30.3 Å². The van der Waals surface area contributed by atoms with Crippen LogP contribution in [0.15, 0.2) is 72.8 Å². The number of benzene rings is 3. The molecular formula is C18H14BNO3. The first-order valence-electron chi connectivity index (χ1n) is 7.35. The number of nitrogens with zero attached hydrogens (tertiary/aromatic N) is 1. The summed E-state index contributed by atoms with van der Waals surface area (Å²) < 4.78 is 7.15. The molecule has 112 valence electrons. The molecule has 0 radical (unpaired) electrons.